The van der Waals surface area contributed by atoms with Crippen molar-refractivity contribution in [3.8, 4) is 0 Å². The normalized spacial score (nSPS) is 17.5. The Labute approximate surface area is 195 Å². The topological polar surface area (TPSA) is 92.8 Å². The molecule has 0 spiro atoms. The minimum atomic E-state index is -0.809. The first-order chi connectivity index (χ1) is 16.2. The first kappa shape index (κ1) is 23.1. The van der Waals surface area contributed by atoms with Gasteiger partial charge in [0.1, 0.15) is 11.9 Å². The van der Waals surface area contributed by atoms with E-state index in [2.05, 4.69) is 18.5 Å². The number of hydrogen-bond acceptors (Lipinski definition) is 5. The van der Waals surface area contributed by atoms with E-state index in [9.17, 15) is 23.6 Å². The summed E-state index contributed by atoms with van der Waals surface area (Å²) < 4.78 is 19.0. The number of hydrogen-bond donors (Lipinski definition) is 1. The molecular weight excluding hydrogens is 439 g/mol. The van der Waals surface area contributed by atoms with E-state index in [1.54, 1.807) is 31.2 Å². The molecule has 0 bridgehead atoms. The molecule has 174 valence electrons. The van der Waals surface area contributed by atoms with Gasteiger partial charge in [-0.25, -0.2) is 9.18 Å². The smallest absolute Gasteiger partial charge is 0.341 e. The SMILES string of the molecule is C=C(Cc1ccc(F)c(C(=O)OCC)c1)c1cccc2c1C(=C)C(=O)N2C1CCC(=O)NC1=O. The van der Waals surface area contributed by atoms with Gasteiger partial charge in [0.15, 0.2) is 0 Å². The predicted molar refractivity (Wildman–Crippen MR) is 124 cm³/mol. The number of ether oxygens (including phenoxy) is 1. The maximum atomic E-state index is 14.1. The highest BCUT2D eigenvalue weighted by molar-refractivity contribution is 6.34. The number of piperidine rings is 1. The van der Waals surface area contributed by atoms with Crippen LogP contribution in [0.5, 0.6) is 0 Å². The lowest BCUT2D eigenvalue weighted by Crippen LogP contribution is -2.53. The Kier molecular flexibility index (Phi) is 6.15. The number of halogens is 1. The molecule has 1 atom stereocenters. The number of esters is 1. The lowest BCUT2D eigenvalue weighted by molar-refractivity contribution is -0.135. The molecule has 1 N–H and O–H groups in total. The fourth-order valence-corrected chi connectivity index (χ4v) is 4.34. The number of nitrogens with zero attached hydrogens (tertiary/aromatic N) is 1. The summed E-state index contributed by atoms with van der Waals surface area (Å²) in [5.41, 5.74) is 3.08. The number of fused-ring (bicyclic) bond motifs is 1. The van der Waals surface area contributed by atoms with Crippen molar-refractivity contribution < 1.29 is 28.3 Å². The quantitative estimate of drug-likeness (QED) is 0.403. The van der Waals surface area contributed by atoms with Gasteiger partial charge >= 0.3 is 5.97 Å². The van der Waals surface area contributed by atoms with Crippen LogP contribution < -0.4 is 10.2 Å². The molecule has 2 aromatic carbocycles. The van der Waals surface area contributed by atoms with E-state index in [1.165, 1.54) is 17.0 Å². The highest BCUT2D eigenvalue weighted by Crippen LogP contribution is 2.42. The van der Waals surface area contributed by atoms with Crippen molar-refractivity contribution in [2.75, 3.05) is 11.5 Å². The van der Waals surface area contributed by atoms with Crippen LogP contribution in [0.2, 0.25) is 0 Å². The number of benzene rings is 2. The molecular formula is C26H23FN2O5. The van der Waals surface area contributed by atoms with Crippen LogP contribution in [-0.2, 0) is 25.5 Å². The minimum absolute atomic E-state index is 0.130. The first-order valence-corrected chi connectivity index (χ1v) is 10.9. The van der Waals surface area contributed by atoms with E-state index in [1.807, 2.05) is 0 Å². The number of anilines is 1. The van der Waals surface area contributed by atoms with Crippen LogP contribution in [0, 0.1) is 5.82 Å². The van der Waals surface area contributed by atoms with Gasteiger partial charge in [0.05, 0.1) is 17.9 Å². The third kappa shape index (κ3) is 4.03. The molecule has 1 fully saturated rings. The summed E-state index contributed by atoms with van der Waals surface area (Å²) in [6.07, 6.45) is 0.644. The Morgan fingerprint density at radius 2 is 1.97 bits per heavy atom. The van der Waals surface area contributed by atoms with Crippen LogP contribution in [0.4, 0.5) is 10.1 Å². The minimum Gasteiger partial charge on any atom is -0.462 e. The van der Waals surface area contributed by atoms with Gasteiger partial charge in [0.2, 0.25) is 11.8 Å². The van der Waals surface area contributed by atoms with E-state index >= 15 is 0 Å². The second-order valence-corrected chi connectivity index (χ2v) is 8.14. The zero-order valence-corrected chi connectivity index (χ0v) is 18.7. The lowest BCUT2D eigenvalue weighted by Gasteiger charge is -2.30. The van der Waals surface area contributed by atoms with Crippen molar-refractivity contribution in [1.82, 2.24) is 5.32 Å². The number of carbonyl (C=O) groups is 4. The highest BCUT2D eigenvalue weighted by atomic mass is 19.1. The van der Waals surface area contributed by atoms with Crippen LogP contribution in [-0.4, -0.2) is 36.3 Å². The van der Waals surface area contributed by atoms with Crippen molar-refractivity contribution in [3.05, 3.63) is 77.6 Å². The average molecular weight is 462 g/mol. The molecule has 7 nitrogen and oxygen atoms in total. The molecule has 34 heavy (non-hydrogen) atoms. The maximum absolute atomic E-state index is 14.1. The summed E-state index contributed by atoms with van der Waals surface area (Å²) in [6.45, 7) is 9.86. The zero-order valence-electron chi connectivity index (χ0n) is 18.7. The van der Waals surface area contributed by atoms with Gasteiger partial charge in [-0.1, -0.05) is 31.4 Å². The summed E-state index contributed by atoms with van der Waals surface area (Å²) in [6, 6.07) is 8.65. The van der Waals surface area contributed by atoms with Gasteiger partial charge in [-0.3, -0.25) is 24.6 Å². The van der Waals surface area contributed by atoms with Crippen molar-refractivity contribution in [2.24, 2.45) is 0 Å². The molecule has 2 aromatic rings. The van der Waals surface area contributed by atoms with E-state index in [4.69, 9.17) is 4.74 Å². The maximum Gasteiger partial charge on any atom is 0.341 e. The van der Waals surface area contributed by atoms with Gasteiger partial charge in [-0.05, 0) is 54.7 Å². The van der Waals surface area contributed by atoms with Gasteiger partial charge in [-0.15, -0.1) is 0 Å². The van der Waals surface area contributed by atoms with Crippen LogP contribution in [0.3, 0.4) is 0 Å². The Morgan fingerprint density at radius 3 is 2.68 bits per heavy atom. The second kappa shape index (κ2) is 9.05. The average Bonchev–Trinajstić information content (AvgIpc) is 3.05. The summed E-state index contributed by atoms with van der Waals surface area (Å²) in [5.74, 6) is -2.71. The monoisotopic (exact) mass is 462 g/mol. The van der Waals surface area contributed by atoms with Crippen molar-refractivity contribution in [1.29, 1.82) is 0 Å². The molecule has 4 rings (SSSR count). The van der Waals surface area contributed by atoms with Crippen LogP contribution in [0.15, 0.2) is 49.6 Å². The van der Waals surface area contributed by atoms with Crippen molar-refractivity contribution in [2.45, 2.75) is 32.2 Å². The highest BCUT2D eigenvalue weighted by Gasteiger charge is 2.42. The van der Waals surface area contributed by atoms with Gasteiger partial charge in [-0.2, -0.15) is 0 Å². The molecule has 2 aliphatic rings. The Bertz CT molecular complexity index is 1270. The molecule has 1 saturated heterocycles. The standard InChI is InChI=1S/C26H23FN2O5/c1-4-34-26(33)18-13-16(8-9-19(18)27)12-14(2)17-6-5-7-20-23(17)15(3)25(32)29(20)21-10-11-22(30)28-24(21)31/h5-9,13,21H,2-4,10-12H2,1H3,(H,28,30,31). The number of allylic oxidation sites excluding steroid dienone is 1. The molecule has 0 saturated carbocycles. The first-order valence-electron chi connectivity index (χ1n) is 10.9. The number of imide groups is 1. The number of amides is 3. The van der Waals surface area contributed by atoms with Crippen LogP contribution >= 0.6 is 0 Å². The van der Waals surface area contributed by atoms with Gasteiger partial charge in [0.25, 0.3) is 5.91 Å². The van der Waals surface area contributed by atoms with E-state index in [0.717, 1.165) is 0 Å². The second-order valence-electron chi connectivity index (χ2n) is 8.14. The summed E-state index contributed by atoms with van der Waals surface area (Å²) in [4.78, 5) is 50.5. The Balaban J connectivity index is 1.65. The molecule has 2 aliphatic heterocycles. The van der Waals surface area contributed by atoms with Crippen molar-refractivity contribution in [3.63, 3.8) is 0 Å². The van der Waals surface area contributed by atoms with Crippen LogP contribution in [0.1, 0.15) is 46.8 Å². The molecule has 0 aromatic heterocycles. The van der Waals surface area contributed by atoms with E-state index < -0.39 is 29.6 Å². The number of rotatable bonds is 6. The molecule has 8 heteroatoms. The van der Waals surface area contributed by atoms with Gasteiger partial charge in [0, 0.05) is 17.6 Å². The molecule has 0 radical (unpaired) electrons. The van der Waals surface area contributed by atoms with Gasteiger partial charge < -0.3 is 4.74 Å². The Hall–Kier alpha value is -4.07. The van der Waals surface area contributed by atoms with E-state index in [-0.39, 0.29) is 42.9 Å². The Morgan fingerprint density at radius 1 is 1.21 bits per heavy atom. The largest absolute Gasteiger partial charge is 0.462 e. The van der Waals surface area contributed by atoms with Crippen molar-refractivity contribution >= 4 is 40.5 Å². The molecule has 2 heterocycles. The fourth-order valence-electron chi connectivity index (χ4n) is 4.34. The molecule has 3 amide bonds. The summed E-state index contributed by atoms with van der Waals surface area (Å²) in [7, 11) is 0. The lowest BCUT2D eigenvalue weighted by atomic mass is 9.92. The third-order valence-corrected chi connectivity index (χ3v) is 5.93. The number of carbonyl (C=O) groups excluding carboxylic acids is 4. The zero-order chi connectivity index (χ0) is 24.6. The third-order valence-electron chi connectivity index (χ3n) is 5.93. The van der Waals surface area contributed by atoms with E-state index in [0.29, 0.717) is 28.0 Å². The molecule has 0 aliphatic carbocycles. The molecule has 1 unspecified atom stereocenters. The predicted octanol–water partition coefficient (Wildman–Crippen LogP) is 3.42. The van der Waals surface area contributed by atoms with Crippen LogP contribution in [0.25, 0.3) is 11.1 Å². The summed E-state index contributed by atoms with van der Waals surface area (Å²) in [5, 5.41) is 2.28. The number of nitrogens with one attached hydrogen (secondary N) is 1. The fraction of sp³-hybridized carbons (Fsp3) is 0.231. The summed E-state index contributed by atoms with van der Waals surface area (Å²) >= 11 is 0.